The van der Waals surface area contributed by atoms with Gasteiger partial charge >= 0.3 is 0 Å². The van der Waals surface area contributed by atoms with Crippen molar-refractivity contribution in [3.05, 3.63) is 242 Å². The molecular weight excluding hydrogens is 761 g/mol. The fourth-order valence-corrected chi connectivity index (χ4v) is 10.1. The summed E-state index contributed by atoms with van der Waals surface area (Å²) < 4.78 is 2.37. The number of nitrogens with zero attached hydrogens (tertiary/aromatic N) is 2. The number of para-hydroxylation sites is 2. The fourth-order valence-electron chi connectivity index (χ4n) is 10.1. The van der Waals surface area contributed by atoms with Crippen molar-refractivity contribution in [1.29, 1.82) is 0 Å². The van der Waals surface area contributed by atoms with Gasteiger partial charge in [-0.05, 0) is 139 Å². The molecule has 0 fully saturated rings. The van der Waals surface area contributed by atoms with Crippen molar-refractivity contribution in [3.8, 4) is 50.2 Å². The first-order valence-corrected chi connectivity index (χ1v) is 21.9. The standard InChI is InChI=1S/C61H44N2/c1-61(2)57-18-10-8-16-53(57)54-36-35-52(40-58(54)61)62(51-33-28-45(29-34-51)47-25-24-41-12-6-7-13-46(41)38-47)50-31-26-43(27-32-50)42-20-22-44(23-21-42)48-30-37-60-56(39-48)55-17-9-11-19-59(55)63(60)49-14-4-3-5-15-49/h3-40H,1-2H3. The van der Waals surface area contributed by atoms with Crippen LogP contribution in [0.5, 0.6) is 0 Å². The third kappa shape index (κ3) is 6.17. The molecule has 0 saturated heterocycles. The lowest BCUT2D eigenvalue weighted by Gasteiger charge is -2.28. The summed E-state index contributed by atoms with van der Waals surface area (Å²) in [6.07, 6.45) is 0. The van der Waals surface area contributed by atoms with Gasteiger partial charge in [-0.15, -0.1) is 0 Å². The lowest BCUT2D eigenvalue weighted by Crippen LogP contribution is -2.16. The van der Waals surface area contributed by atoms with Crippen LogP contribution < -0.4 is 4.90 Å². The second-order valence-electron chi connectivity index (χ2n) is 17.4. The lowest BCUT2D eigenvalue weighted by molar-refractivity contribution is 0.660. The van der Waals surface area contributed by atoms with E-state index in [0.29, 0.717) is 0 Å². The topological polar surface area (TPSA) is 8.17 Å². The summed E-state index contributed by atoms with van der Waals surface area (Å²) in [6.45, 7) is 4.71. The van der Waals surface area contributed by atoms with Gasteiger partial charge in [0.2, 0.25) is 0 Å². The summed E-state index contributed by atoms with van der Waals surface area (Å²) in [4.78, 5) is 2.40. The third-order valence-electron chi connectivity index (χ3n) is 13.4. The molecule has 0 N–H and O–H groups in total. The second-order valence-corrected chi connectivity index (χ2v) is 17.4. The molecule has 10 aromatic carbocycles. The summed E-state index contributed by atoms with van der Waals surface area (Å²) in [5.74, 6) is 0. The molecule has 2 nitrogen and oxygen atoms in total. The Kier molecular flexibility index (Phi) is 8.55. The Morgan fingerprint density at radius 2 is 0.841 bits per heavy atom. The molecule has 1 aliphatic carbocycles. The van der Waals surface area contributed by atoms with Gasteiger partial charge in [-0.25, -0.2) is 0 Å². The molecule has 0 aliphatic heterocycles. The second kappa shape index (κ2) is 14.6. The van der Waals surface area contributed by atoms with E-state index in [1.54, 1.807) is 0 Å². The van der Waals surface area contributed by atoms with Crippen LogP contribution >= 0.6 is 0 Å². The van der Waals surface area contributed by atoms with Crippen LogP contribution in [0.3, 0.4) is 0 Å². The highest BCUT2D eigenvalue weighted by Crippen LogP contribution is 2.51. The minimum atomic E-state index is -0.101. The van der Waals surface area contributed by atoms with E-state index in [9.17, 15) is 0 Å². The smallest absolute Gasteiger partial charge is 0.0541 e. The first kappa shape index (κ1) is 36.9. The van der Waals surface area contributed by atoms with Gasteiger partial charge in [0.25, 0.3) is 0 Å². The van der Waals surface area contributed by atoms with Gasteiger partial charge in [-0.3, -0.25) is 0 Å². The van der Waals surface area contributed by atoms with E-state index in [1.807, 2.05) is 0 Å². The number of anilines is 3. The monoisotopic (exact) mass is 804 g/mol. The zero-order valence-electron chi connectivity index (χ0n) is 35.3. The van der Waals surface area contributed by atoms with Gasteiger partial charge in [0, 0.05) is 38.9 Å². The lowest BCUT2D eigenvalue weighted by atomic mass is 9.82. The molecule has 1 aliphatic rings. The van der Waals surface area contributed by atoms with Crippen molar-refractivity contribution in [1.82, 2.24) is 4.57 Å². The molecule has 0 amide bonds. The molecule has 0 radical (unpaired) electrons. The molecule has 1 heterocycles. The fraction of sp³-hybridized carbons (Fsp3) is 0.0492. The van der Waals surface area contributed by atoms with Crippen LogP contribution in [-0.4, -0.2) is 4.57 Å². The molecule has 298 valence electrons. The van der Waals surface area contributed by atoms with Crippen molar-refractivity contribution in [2.24, 2.45) is 0 Å². The predicted octanol–water partition coefficient (Wildman–Crippen LogP) is 16.7. The van der Waals surface area contributed by atoms with Crippen LogP contribution in [-0.2, 0) is 5.41 Å². The number of fused-ring (bicyclic) bond motifs is 7. The Labute approximate surface area is 368 Å². The van der Waals surface area contributed by atoms with E-state index in [2.05, 4.69) is 254 Å². The molecule has 0 unspecified atom stereocenters. The van der Waals surface area contributed by atoms with Gasteiger partial charge in [-0.1, -0.05) is 172 Å². The summed E-state index contributed by atoms with van der Waals surface area (Å²) in [7, 11) is 0. The predicted molar refractivity (Wildman–Crippen MR) is 267 cm³/mol. The van der Waals surface area contributed by atoms with Crippen molar-refractivity contribution in [3.63, 3.8) is 0 Å². The largest absolute Gasteiger partial charge is 0.310 e. The zero-order chi connectivity index (χ0) is 42.1. The Morgan fingerprint density at radius 1 is 0.333 bits per heavy atom. The first-order valence-electron chi connectivity index (χ1n) is 21.9. The van der Waals surface area contributed by atoms with Crippen molar-refractivity contribution >= 4 is 49.6 Å². The molecule has 63 heavy (non-hydrogen) atoms. The highest BCUT2D eigenvalue weighted by atomic mass is 15.1. The maximum absolute atomic E-state index is 2.41. The minimum Gasteiger partial charge on any atom is -0.310 e. The van der Waals surface area contributed by atoms with Crippen LogP contribution in [0.15, 0.2) is 231 Å². The summed E-state index contributed by atoms with van der Waals surface area (Å²) >= 11 is 0. The molecule has 0 bridgehead atoms. The Morgan fingerprint density at radius 3 is 1.57 bits per heavy atom. The molecule has 12 rings (SSSR count). The average molecular weight is 805 g/mol. The number of rotatable bonds is 7. The Balaban J connectivity index is 0.885. The van der Waals surface area contributed by atoms with Gasteiger partial charge in [-0.2, -0.15) is 0 Å². The summed E-state index contributed by atoms with van der Waals surface area (Å²) in [5.41, 5.74) is 19.5. The summed E-state index contributed by atoms with van der Waals surface area (Å²) in [5, 5.41) is 5.03. The van der Waals surface area contributed by atoms with Crippen LogP contribution in [0.25, 0.3) is 82.8 Å². The van der Waals surface area contributed by atoms with E-state index in [-0.39, 0.29) is 5.41 Å². The van der Waals surface area contributed by atoms with Crippen LogP contribution in [0.1, 0.15) is 25.0 Å². The van der Waals surface area contributed by atoms with Gasteiger partial charge < -0.3 is 9.47 Å². The number of hydrogen-bond acceptors (Lipinski definition) is 1. The molecule has 0 spiro atoms. The minimum absolute atomic E-state index is 0.101. The molecule has 0 atom stereocenters. The first-order chi connectivity index (χ1) is 31.0. The van der Waals surface area contributed by atoms with Crippen molar-refractivity contribution in [2.45, 2.75) is 19.3 Å². The number of aromatic nitrogens is 1. The Hall–Kier alpha value is -7.94. The normalized spacial score (nSPS) is 12.7. The molecule has 1 aromatic heterocycles. The van der Waals surface area contributed by atoms with E-state index in [0.717, 1.165) is 17.1 Å². The van der Waals surface area contributed by atoms with Gasteiger partial charge in [0.05, 0.1) is 11.0 Å². The van der Waals surface area contributed by atoms with E-state index in [4.69, 9.17) is 0 Å². The average Bonchev–Trinajstić information content (AvgIpc) is 3.80. The third-order valence-corrected chi connectivity index (χ3v) is 13.4. The number of hydrogen-bond donors (Lipinski definition) is 0. The molecule has 11 aromatic rings. The Bertz CT molecular complexity index is 3500. The maximum atomic E-state index is 2.41. The molecule has 0 saturated carbocycles. The molecular formula is C61H44N2. The van der Waals surface area contributed by atoms with E-state index >= 15 is 0 Å². The molecule has 2 heteroatoms. The van der Waals surface area contributed by atoms with Crippen molar-refractivity contribution < 1.29 is 0 Å². The summed E-state index contributed by atoms with van der Waals surface area (Å²) in [6, 6.07) is 84.6. The van der Waals surface area contributed by atoms with Crippen LogP contribution in [0, 0.1) is 0 Å². The van der Waals surface area contributed by atoms with Crippen LogP contribution in [0.4, 0.5) is 17.1 Å². The highest BCUT2D eigenvalue weighted by Gasteiger charge is 2.35. The van der Waals surface area contributed by atoms with E-state index < -0.39 is 0 Å². The van der Waals surface area contributed by atoms with Gasteiger partial charge in [0.15, 0.2) is 0 Å². The van der Waals surface area contributed by atoms with Gasteiger partial charge in [0.1, 0.15) is 0 Å². The number of benzene rings is 10. The van der Waals surface area contributed by atoms with Crippen LogP contribution in [0.2, 0.25) is 0 Å². The maximum Gasteiger partial charge on any atom is 0.0541 e. The zero-order valence-corrected chi connectivity index (χ0v) is 35.3. The highest BCUT2D eigenvalue weighted by molar-refractivity contribution is 6.10. The SMILES string of the molecule is CC1(C)c2ccccc2-c2ccc(N(c3ccc(-c4ccc(-c5ccc6c(c5)c5ccccc5n6-c5ccccc5)cc4)cc3)c3ccc(-c4ccc5ccccc5c4)cc3)cc21. The van der Waals surface area contributed by atoms with E-state index in [1.165, 1.54) is 93.9 Å². The quantitative estimate of drug-likeness (QED) is 0.156. The van der Waals surface area contributed by atoms with Crippen molar-refractivity contribution in [2.75, 3.05) is 4.90 Å².